The van der Waals surface area contributed by atoms with Crippen molar-refractivity contribution in [3.63, 3.8) is 0 Å². The van der Waals surface area contributed by atoms with E-state index in [1.807, 2.05) is 42.5 Å². The van der Waals surface area contributed by atoms with E-state index in [0.29, 0.717) is 16.6 Å². The van der Waals surface area contributed by atoms with Crippen LogP contribution in [0, 0.1) is 0 Å². The van der Waals surface area contributed by atoms with E-state index in [1.54, 1.807) is 35.7 Å². The average Bonchev–Trinajstić information content (AvgIpc) is 3.11. The van der Waals surface area contributed by atoms with Crippen molar-refractivity contribution in [2.24, 2.45) is 0 Å². The van der Waals surface area contributed by atoms with Gasteiger partial charge in [-0.3, -0.25) is 13.8 Å². The van der Waals surface area contributed by atoms with Crippen LogP contribution in [0.15, 0.2) is 76.9 Å². The summed E-state index contributed by atoms with van der Waals surface area (Å²) in [7, 11) is 1.58. The van der Waals surface area contributed by atoms with E-state index in [-0.39, 0.29) is 11.2 Å². The summed E-state index contributed by atoms with van der Waals surface area (Å²) in [6.07, 6.45) is 3.51. The van der Waals surface area contributed by atoms with Crippen LogP contribution < -0.4 is 10.3 Å². The standard InChI is InChI=1S/C19H16N4O2S/c1-25-16-10-6-5-9-15(16)22-11-12-23-17(18(22)24)20-21-19(23)26-13-14-7-3-2-4-8-14/h2-12H,13H2,1H3. The molecule has 2 aromatic carbocycles. The summed E-state index contributed by atoms with van der Waals surface area (Å²) in [5.41, 5.74) is 1.91. The van der Waals surface area contributed by atoms with Gasteiger partial charge in [-0.15, -0.1) is 10.2 Å². The molecular formula is C19H16N4O2S. The Labute approximate surface area is 154 Å². The summed E-state index contributed by atoms with van der Waals surface area (Å²) in [5.74, 6) is 1.38. The van der Waals surface area contributed by atoms with Crippen molar-refractivity contribution in [2.75, 3.05) is 7.11 Å². The Balaban J connectivity index is 1.70. The van der Waals surface area contributed by atoms with Gasteiger partial charge in [-0.1, -0.05) is 54.2 Å². The second kappa shape index (κ2) is 7.05. The molecule has 26 heavy (non-hydrogen) atoms. The van der Waals surface area contributed by atoms with Gasteiger partial charge in [0.15, 0.2) is 5.16 Å². The van der Waals surface area contributed by atoms with Crippen LogP contribution in [-0.4, -0.2) is 26.3 Å². The second-order valence-corrected chi connectivity index (χ2v) is 6.54. The number of rotatable bonds is 5. The van der Waals surface area contributed by atoms with E-state index >= 15 is 0 Å². The lowest BCUT2D eigenvalue weighted by atomic mass is 10.2. The van der Waals surface area contributed by atoms with Gasteiger partial charge in [0, 0.05) is 18.1 Å². The number of ether oxygens (including phenoxy) is 1. The maximum Gasteiger partial charge on any atom is 0.300 e. The largest absolute Gasteiger partial charge is 0.495 e. The third kappa shape index (κ3) is 2.97. The summed E-state index contributed by atoms with van der Waals surface area (Å²) in [6, 6.07) is 17.5. The van der Waals surface area contributed by atoms with Gasteiger partial charge in [-0.25, -0.2) is 0 Å². The van der Waals surface area contributed by atoms with Gasteiger partial charge in [-0.05, 0) is 17.7 Å². The molecular weight excluding hydrogens is 348 g/mol. The van der Waals surface area contributed by atoms with Crippen molar-refractivity contribution in [1.29, 1.82) is 0 Å². The smallest absolute Gasteiger partial charge is 0.300 e. The topological polar surface area (TPSA) is 61.4 Å². The normalized spacial score (nSPS) is 11.0. The molecule has 0 amide bonds. The summed E-state index contributed by atoms with van der Waals surface area (Å²) in [4.78, 5) is 12.9. The number of para-hydroxylation sites is 2. The molecule has 0 radical (unpaired) electrons. The zero-order valence-corrected chi connectivity index (χ0v) is 14.9. The lowest BCUT2D eigenvalue weighted by Gasteiger charge is -2.10. The zero-order valence-electron chi connectivity index (χ0n) is 14.1. The van der Waals surface area contributed by atoms with Gasteiger partial charge in [0.05, 0.1) is 12.8 Å². The number of hydrogen-bond donors (Lipinski definition) is 0. The predicted octanol–water partition coefficient (Wildman–Crippen LogP) is 3.18. The highest BCUT2D eigenvalue weighted by Gasteiger charge is 2.14. The van der Waals surface area contributed by atoms with Crippen LogP contribution in [0.5, 0.6) is 5.75 Å². The minimum atomic E-state index is -0.240. The molecule has 0 aliphatic carbocycles. The number of nitrogens with zero attached hydrogens (tertiary/aromatic N) is 4. The molecule has 4 rings (SSSR count). The molecule has 0 atom stereocenters. The molecule has 0 spiro atoms. The van der Waals surface area contributed by atoms with Crippen LogP contribution >= 0.6 is 11.8 Å². The van der Waals surface area contributed by atoms with E-state index in [1.165, 1.54) is 10.1 Å². The van der Waals surface area contributed by atoms with Crippen molar-refractivity contribution in [3.05, 3.63) is 82.9 Å². The predicted molar refractivity (Wildman–Crippen MR) is 101 cm³/mol. The molecule has 0 aliphatic heterocycles. The molecule has 0 bridgehead atoms. The molecule has 2 heterocycles. The first-order chi connectivity index (χ1) is 12.8. The Hall–Kier alpha value is -3.06. The van der Waals surface area contributed by atoms with Crippen molar-refractivity contribution in [1.82, 2.24) is 19.2 Å². The van der Waals surface area contributed by atoms with Gasteiger partial charge in [0.1, 0.15) is 5.75 Å². The van der Waals surface area contributed by atoms with Crippen molar-refractivity contribution in [2.45, 2.75) is 10.9 Å². The molecule has 0 aliphatic rings. The molecule has 0 fully saturated rings. The summed E-state index contributed by atoms with van der Waals surface area (Å²) in [5, 5.41) is 8.96. The molecule has 7 heteroatoms. The first-order valence-corrected chi connectivity index (χ1v) is 9.03. The summed E-state index contributed by atoms with van der Waals surface area (Å²) < 4.78 is 8.60. The third-order valence-electron chi connectivity index (χ3n) is 3.99. The van der Waals surface area contributed by atoms with Crippen LogP contribution in [0.1, 0.15) is 5.56 Å². The van der Waals surface area contributed by atoms with E-state index in [4.69, 9.17) is 4.74 Å². The highest BCUT2D eigenvalue weighted by Crippen LogP contribution is 2.23. The first-order valence-electron chi connectivity index (χ1n) is 8.04. The quantitative estimate of drug-likeness (QED) is 0.509. The van der Waals surface area contributed by atoms with Crippen LogP contribution in [0.4, 0.5) is 0 Å². The fourth-order valence-electron chi connectivity index (χ4n) is 2.71. The minimum absolute atomic E-state index is 0.240. The molecule has 0 saturated heterocycles. The molecule has 6 nitrogen and oxygen atoms in total. The molecule has 130 valence electrons. The molecule has 2 aromatic heterocycles. The number of benzene rings is 2. The van der Waals surface area contributed by atoms with Gasteiger partial charge < -0.3 is 4.74 Å². The van der Waals surface area contributed by atoms with Gasteiger partial charge in [0.2, 0.25) is 5.65 Å². The van der Waals surface area contributed by atoms with Gasteiger partial charge in [-0.2, -0.15) is 0 Å². The van der Waals surface area contributed by atoms with Crippen molar-refractivity contribution < 1.29 is 4.74 Å². The SMILES string of the molecule is COc1ccccc1-n1ccn2c(SCc3ccccc3)nnc2c1=O. The highest BCUT2D eigenvalue weighted by molar-refractivity contribution is 7.98. The Kier molecular flexibility index (Phi) is 4.45. The van der Waals surface area contributed by atoms with Crippen LogP contribution in [0.2, 0.25) is 0 Å². The minimum Gasteiger partial charge on any atom is -0.495 e. The lowest BCUT2D eigenvalue weighted by molar-refractivity contribution is 0.412. The van der Waals surface area contributed by atoms with E-state index in [9.17, 15) is 4.79 Å². The highest BCUT2D eigenvalue weighted by atomic mass is 32.2. The Morgan fingerprint density at radius 1 is 1.00 bits per heavy atom. The van der Waals surface area contributed by atoms with Gasteiger partial charge in [0.25, 0.3) is 0 Å². The maximum atomic E-state index is 12.9. The first kappa shape index (κ1) is 16.4. The number of hydrogen-bond acceptors (Lipinski definition) is 5. The van der Waals surface area contributed by atoms with Crippen molar-refractivity contribution in [3.8, 4) is 11.4 Å². The molecule has 0 saturated carbocycles. The van der Waals surface area contributed by atoms with Gasteiger partial charge >= 0.3 is 5.56 Å². The average molecular weight is 364 g/mol. The third-order valence-corrected chi connectivity index (χ3v) is 5.01. The Morgan fingerprint density at radius 3 is 2.58 bits per heavy atom. The van der Waals surface area contributed by atoms with Crippen LogP contribution in [0.3, 0.4) is 0 Å². The van der Waals surface area contributed by atoms with E-state index in [0.717, 1.165) is 5.75 Å². The summed E-state index contributed by atoms with van der Waals surface area (Å²) in [6.45, 7) is 0. The van der Waals surface area contributed by atoms with E-state index < -0.39 is 0 Å². The maximum absolute atomic E-state index is 12.9. The second-order valence-electron chi connectivity index (χ2n) is 5.60. The monoisotopic (exact) mass is 364 g/mol. The van der Waals surface area contributed by atoms with Crippen molar-refractivity contribution >= 4 is 17.4 Å². The fraction of sp³-hybridized carbons (Fsp3) is 0.105. The Morgan fingerprint density at radius 2 is 1.77 bits per heavy atom. The molecule has 0 unspecified atom stereocenters. The Bertz CT molecular complexity index is 1110. The molecule has 0 N–H and O–H groups in total. The van der Waals surface area contributed by atoms with Crippen LogP contribution in [-0.2, 0) is 5.75 Å². The van der Waals surface area contributed by atoms with E-state index in [2.05, 4.69) is 22.3 Å². The lowest BCUT2D eigenvalue weighted by Crippen LogP contribution is -2.20. The number of thioether (sulfide) groups is 1. The molecule has 4 aromatic rings. The summed E-state index contributed by atoms with van der Waals surface area (Å²) >= 11 is 1.54. The van der Waals surface area contributed by atoms with Crippen LogP contribution in [0.25, 0.3) is 11.3 Å². The number of aromatic nitrogens is 4. The number of fused-ring (bicyclic) bond motifs is 1. The fourth-order valence-corrected chi connectivity index (χ4v) is 3.58. The number of methoxy groups -OCH3 is 1. The zero-order chi connectivity index (χ0) is 17.9.